The number of ether oxygens (including phenoxy) is 1. The molecule has 1 N–H and O–H groups in total. The Morgan fingerprint density at radius 3 is 2.35 bits per heavy atom. The maximum atomic E-state index is 12.6. The van der Waals surface area contributed by atoms with E-state index in [4.69, 9.17) is 4.74 Å². The van der Waals surface area contributed by atoms with Crippen molar-refractivity contribution < 1.29 is 13.2 Å². The first-order valence-corrected chi connectivity index (χ1v) is 8.51. The van der Waals surface area contributed by atoms with E-state index in [-0.39, 0.29) is 12.1 Å². The highest BCUT2D eigenvalue weighted by Gasteiger charge is 2.28. The molecule has 1 fully saturated rings. The van der Waals surface area contributed by atoms with E-state index in [9.17, 15) is 8.42 Å². The SMILES string of the molecule is Cc1cc(C)c(S(=O)(=O)NC(C)C2CCCO2)c(C)c1. The Bertz CT molecular complexity index is 566. The number of aryl methyl sites for hydroxylation is 3. The first-order chi connectivity index (χ1) is 9.31. The zero-order valence-electron chi connectivity index (χ0n) is 12.6. The van der Waals surface area contributed by atoms with E-state index in [0.29, 0.717) is 4.90 Å². The Kier molecular flexibility index (Phi) is 4.52. The van der Waals surface area contributed by atoms with Gasteiger partial charge in [0.2, 0.25) is 10.0 Å². The first kappa shape index (κ1) is 15.5. The molecule has 20 heavy (non-hydrogen) atoms. The van der Waals surface area contributed by atoms with Crippen molar-refractivity contribution in [3.8, 4) is 0 Å². The number of hydrogen-bond donors (Lipinski definition) is 1. The van der Waals surface area contributed by atoms with Gasteiger partial charge in [-0.05, 0) is 51.7 Å². The second kappa shape index (κ2) is 5.84. The van der Waals surface area contributed by atoms with Gasteiger partial charge in [0.1, 0.15) is 0 Å². The van der Waals surface area contributed by atoms with E-state index in [1.807, 2.05) is 39.8 Å². The molecule has 1 aromatic rings. The van der Waals surface area contributed by atoms with E-state index >= 15 is 0 Å². The number of nitrogens with one attached hydrogen (secondary N) is 1. The first-order valence-electron chi connectivity index (χ1n) is 7.03. The molecular formula is C15H23NO3S. The molecule has 5 heteroatoms. The lowest BCUT2D eigenvalue weighted by Gasteiger charge is -2.21. The number of sulfonamides is 1. The van der Waals surface area contributed by atoms with Crippen molar-refractivity contribution in [2.75, 3.05) is 6.61 Å². The summed E-state index contributed by atoms with van der Waals surface area (Å²) < 4.78 is 33.5. The van der Waals surface area contributed by atoms with Gasteiger partial charge in [0.05, 0.1) is 11.0 Å². The van der Waals surface area contributed by atoms with E-state index in [2.05, 4.69) is 4.72 Å². The van der Waals surface area contributed by atoms with E-state index in [1.165, 1.54) is 0 Å². The molecule has 2 atom stereocenters. The molecule has 1 saturated heterocycles. The Morgan fingerprint density at radius 2 is 1.85 bits per heavy atom. The summed E-state index contributed by atoms with van der Waals surface area (Å²) in [6.45, 7) is 8.24. The predicted molar refractivity (Wildman–Crippen MR) is 79.4 cm³/mol. The summed E-state index contributed by atoms with van der Waals surface area (Å²) in [6, 6.07) is 3.60. The zero-order valence-corrected chi connectivity index (χ0v) is 13.4. The van der Waals surface area contributed by atoms with Crippen LogP contribution in [-0.4, -0.2) is 27.2 Å². The van der Waals surface area contributed by atoms with Crippen molar-refractivity contribution >= 4 is 10.0 Å². The van der Waals surface area contributed by atoms with E-state index < -0.39 is 10.0 Å². The van der Waals surface area contributed by atoms with Crippen LogP contribution in [0, 0.1) is 20.8 Å². The molecule has 0 aromatic heterocycles. The lowest BCUT2D eigenvalue weighted by atomic mass is 10.1. The van der Waals surface area contributed by atoms with Crippen LogP contribution in [0.4, 0.5) is 0 Å². The molecular weight excluding hydrogens is 274 g/mol. The minimum atomic E-state index is -3.51. The highest BCUT2D eigenvalue weighted by molar-refractivity contribution is 7.89. The summed E-state index contributed by atoms with van der Waals surface area (Å²) in [5.74, 6) is 0. The maximum absolute atomic E-state index is 12.6. The van der Waals surface area contributed by atoms with E-state index in [1.54, 1.807) is 0 Å². The van der Waals surface area contributed by atoms with Crippen LogP contribution in [0.3, 0.4) is 0 Å². The molecule has 0 spiro atoms. The standard InChI is InChI=1S/C15H23NO3S/c1-10-8-11(2)15(12(3)9-10)20(17,18)16-13(4)14-6-5-7-19-14/h8-9,13-14,16H,5-7H2,1-4H3. The third-order valence-corrected chi connectivity index (χ3v) is 5.60. The predicted octanol–water partition coefficient (Wildman–Crippen LogP) is 2.46. The van der Waals surface area contributed by atoms with Crippen molar-refractivity contribution in [1.29, 1.82) is 0 Å². The number of hydrogen-bond acceptors (Lipinski definition) is 3. The fourth-order valence-electron chi connectivity index (χ4n) is 2.97. The fourth-order valence-corrected chi connectivity index (χ4v) is 4.69. The lowest BCUT2D eigenvalue weighted by molar-refractivity contribution is 0.0902. The summed E-state index contributed by atoms with van der Waals surface area (Å²) in [4.78, 5) is 0.396. The molecule has 0 saturated carbocycles. The summed E-state index contributed by atoms with van der Waals surface area (Å²) >= 11 is 0. The summed E-state index contributed by atoms with van der Waals surface area (Å²) in [5, 5.41) is 0. The molecule has 0 bridgehead atoms. The molecule has 1 aromatic carbocycles. The topological polar surface area (TPSA) is 55.4 Å². The van der Waals surface area contributed by atoms with Gasteiger partial charge in [-0.1, -0.05) is 17.7 Å². The Labute approximate surface area is 121 Å². The van der Waals surface area contributed by atoms with Crippen molar-refractivity contribution in [2.24, 2.45) is 0 Å². The molecule has 2 rings (SSSR count). The molecule has 112 valence electrons. The highest BCUT2D eigenvalue weighted by Crippen LogP contribution is 2.23. The van der Waals surface area contributed by atoms with Gasteiger partial charge in [0, 0.05) is 12.6 Å². The minimum absolute atomic E-state index is 0.0177. The van der Waals surface area contributed by atoms with Gasteiger partial charge in [-0.3, -0.25) is 0 Å². The molecule has 0 amide bonds. The van der Waals surface area contributed by atoms with Gasteiger partial charge in [-0.25, -0.2) is 13.1 Å². The molecule has 2 unspecified atom stereocenters. The van der Waals surface area contributed by atoms with Gasteiger partial charge < -0.3 is 4.74 Å². The number of benzene rings is 1. The highest BCUT2D eigenvalue weighted by atomic mass is 32.2. The molecule has 0 radical (unpaired) electrons. The van der Waals surface area contributed by atoms with Crippen molar-refractivity contribution in [3.05, 3.63) is 28.8 Å². The average Bonchev–Trinajstić information content (AvgIpc) is 2.78. The molecule has 1 aliphatic heterocycles. The van der Waals surface area contributed by atoms with Gasteiger partial charge in [-0.15, -0.1) is 0 Å². The van der Waals surface area contributed by atoms with Crippen LogP contribution in [-0.2, 0) is 14.8 Å². The Hall–Kier alpha value is -0.910. The van der Waals surface area contributed by atoms with Crippen LogP contribution in [0.15, 0.2) is 17.0 Å². The molecule has 0 aliphatic carbocycles. The van der Waals surface area contributed by atoms with Crippen LogP contribution in [0.2, 0.25) is 0 Å². The summed E-state index contributed by atoms with van der Waals surface area (Å²) in [5.41, 5.74) is 2.65. The number of rotatable bonds is 4. The van der Waals surface area contributed by atoms with Gasteiger partial charge >= 0.3 is 0 Å². The fraction of sp³-hybridized carbons (Fsp3) is 0.600. The van der Waals surface area contributed by atoms with Crippen LogP contribution < -0.4 is 4.72 Å². The van der Waals surface area contributed by atoms with Crippen LogP contribution in [0.25, 0.3) is 0 Å². The Morgan fingerprint density at radius 1 is 1.25 bits per heavy atom. The third kappa shape index (κ3) is 3.22. The van der Waals surface area contributed by atoms with Crippen LogP contribution in [0.1, 0.15) is 36.5 Å². The summed E-state index contributed by atoms with van der Waals surface area (Å²) in [7, 11) is -3.51. The van der Waals surface area contributed by atoms with Crippen molar-refractivity contribution in [1.82, 2.24) is 4.72 Å². The van der Waals surface area contributed by atoms with Crippen LogP contribution in [0.5, 0.6) is 0 Å². The monoisotopic (exact) mass is 297 g/mol. The van der Waals surface area contributed by atoms with Gasteiger partial charge in [0.15, 0.2) is 0 Å². The summed E-state index contributed by atoms with van der Waals surface area (Å²) in [6.07, 6.45) is 1.89. The molecule has 1 heterocycles. The minimum Gasteiger partial charge on any atom is -0.377 e. The smallest absolute Gasteiger partial charge is 0.241 e. The zero-order chi connectivity index (χ0) is 14.9. The van der Waals surface area contributed by atoms with Crippen LogP contribution >= 0.6 is 0 Å². The van der Waals surface area contributed by atoms with Crippen molar-refractivity contribution in [3.63, 3.8) is 0 Å². The maximum Gasteiger partial charge on any atom is 0.241 e. The normalized spacial score (nSPS) is 21.1. The quantitative estimate of drug-likeness (QED) is 0.929. The van der Waals surface area contributed by atoms with E-state index in [0.717, 1.165) is 36.1 Å². The molecule has 4 nitrogen and oxygen atoms in total. The third-order valence-electron chi connectivity index (χ3n) is 3.74. The largest absolute Gasteiger partial charge is 0.377 e. The van der Waals surface area contributed by atoms with Gasteiger partial charge in [-0.2, -0.15) is 0 Å². The average molecular weight is 297 g/mol. The Balaban J connectivity index is 2.26. The second-order valence-electron chi connectivity index (χ2n) is 5.69. The molecule has 1 aliphatic rings. The van der Waals surface area contributed by atoms with Gasteiger partial charge in [0.25, 0.3) is 0 Å². The van der Waals surface area contributed by atoms with Crippen molar-refractivity contribution in [2.45, 2.75) is 57.6 Å². The second-order valence-corrected chi connectivity index (χ2v) is 7.34. The lowest BCUT2D eigenvalue weighted by Crippen LogP contribution is -2.41.